The summed E-state index contributed by atoms with van der Waals surface area (Å²) < 4.78 is 0. The molecule has 1 aliphatic rings. The van der Waals surface area contributed by atoms with Crippen molar-refractivity contribution < 1.29 is 4.79 Å². The summed E-state index contributed by atoms with van der Waals surface area (Å²) in [6, 6.07) is 7.77. The number of amides is 1. The van der Waals surface area contributed by atoms with Gasteiger partial charge in [0, 0.05) is 18.1 Å². The Kier molecular flexibility index (Phi) is 4.61. The molecule has 1 amide bonds. The summed E-state index contributed by atoms with van der Waals surface area (Å²) >= 11 is 5.84. The number of hydrogen-bond donors (Lipinski definition) is 1. The fraction of sp³-hybridized carbons (Fsp3) is 0.500. The highest BCUT2D eigenvalue weighted by Crippen LogP contribution is 2.29. The number of halogens is 1. The van der Waals surface area contributed by atoms with Gasteiger partial charge in [0.05, 0.1) is 6.54 Å². The normalized spacial score (nSPS) is 14.6. The monoisotopic (exact) mass is 266 g/mol. The SMILES string of the molecule is NCC(=O)N(CCc1ccc(Cl)cc1)CC1CC1. The molecule has 0 aliphatic heterocycles. The predicted molar refractivity (Wildman–Crippen MR) is 73.5 cm³/mol. The van der Waals surface area contributed by atoms with Gasteiger partial charge in [0.25, 0.3) is 0 Å². The summed E-state index contributed by atoms with van der Waals surface area (Å²) in [6.07, 6.45) is 3.35. The molecule has 0 spiro atoms. The van der Waals surface area contributed by atoms with Crippen molar-refractivity contribution in [2.75, 3.05) is 19.6 Å². The van der Waals surface area contributed by atoms with Gasteiger partial charge in [-0.15, -0.1) is 0 Å². The van der Waals surface area contributed by atoms with Gasteiger partial charge in [-0.25, -0.2) is 0 Å². The van der Waals surface area contributed by atoms with Crippen molar-refractivity contribution in [3.63, 3.8) is 0 Å². The van der Waals surface area contributed by atoms with E-state index in [9.17, 15) is 4.79 Å². The third-order valence-corrected chi connectivity index (χ3v) is 3.54. The molecule has 1 aromatic rings. The smallest absolute Gasteiger partial charge is 0.236 e. The molecule has 3 nitrogen and oxygen atoms in total. The standard InChI is InChI=1S/C14H19ClN2O/c15-13-5-3-11(4-6-13)7-8-17(14(18)9-16)10-12-1-2-12/h3-6,12H,1-2,7-10,16H2. The average molecular weight is 267 g/mol. The molecular weight excluding hydrogens is 248 g/mol. The van der Waals surface area contributed by atoms with E-state index in [-0.39, 0.29) is 12.5 Å². The van der Waals surface area contributed by atoms with Crippen LogP contribution in [0.5, 0.6) is 0 Å². The Bertz CT molecular complexity index is 401. The maximum atomic E-state index is 11.7. The maximum Gasteiger partial charge on any atom is 0.236 e. The number of benzene rings is 1. The summed E-state index contributed by atoms with van der Waals surface area (Å²) in [7, 11) is 0. The molecule has 0 heterocycles. The minimum Gasteiger partial charge on any atom is -0.341 e. The van der Waals surface area contributed by atoms with E-state index >= 15 is 0 Å². The van der Waals surface area contributed by atoms with E-state index in [1.807, 2.05) is 29.2 Å². The van der Waals surface area contributed by atoms with E-state index in [0.717, 1.165) is 24.5 Å². The fourth-order valence-electron chi connectivity index (χ4n) is 1.97. The molecule has 0 saturated heterocycles. The van der Waals surface area contributed by atoms with Crippen molar-refractivity contribution in [3.8, 4) is 0 Å². The Morgan fingerprint density at radius 1 is 1.33 bits per heavy atom. The van der Waals surface area contributed by atoms with Crippen LogP contribution in [0.15, 0.2) is 24.3 Å². The zero-order valence-corrected chi connectivity index (χ0v) is 11.2. The molecule has 0 aromatic heterocycles. The Morgan fingerprint density at radius 2 is 2.00 bits per heavy atom. The van der Waals surface area contributed by atoms with E-state index < -0.39 is 0 Å². The lowest BCUT2D eigenvalue weighted by molar-refractivity contribution is -0.129. The lowest BCUT2D eigenvalue weighted by atomic mass is 10.1. The van der Waals surface area contributed by atoms with Crippen molar-refractivity contribution in [2.24, 2.45) is 11.7 Å². The Hall–Kier alpha value is -1.06. The minimum absolute atomic E-state index is 0.0517. The van der Waals surface area contributed by atoms with Gasteiger partial charge in [0.2, 0.25) is 5.91 Å². The van der Waals surface area contributed by atoms with E-state index in [1.165, 1.54) is 18.4 Å². The van der Waals surface area contributed by atoms with Crippen LogP contribution in [0.25, 0.3) is 0 Å². The van der Waals surface area contributed by atoms with Crippen molar-refractivity contribution >= 4 is 17.5 Å². The van der Waals surface area contributed by atoms with Crippen LogP contribution in [0.2, 0.25) is 5.02 Å². The Labute approximate surface area is 113 Å². The number of rotatable bonds is 6. The van der Waals surface area contributed by atoms with Crippen molar-refractivity contribution in [3.05, 3.63) is 34.9 Å². The van der Waals surface area contributed by atoms with Gasteiger partial charge in [0.1, 0.15) is 0 Å². The molecule has 4 heteroatoms. The Morgan fingerprint density at radius 3 is 2.56 bits per heavy atom. The van der Waals surface area contributed by atoms with Crippen LogP contribution in [0, 0.1) is 5.92 Å². The first-order valence-corrected chi connectivity index (χ1v) is 6.79. The number of nitrogens with two attached hydrogens (primary N) is 1. The molecule has 18 heavy (non-hydrogen) atoms. The number of carbonyl (C=O) groups excluding carboxylic acids is 1. The van der Waals surface area contributed by atoms with Crippen molar-refractivity contribution in [2.45, 2.75) is 19.3 Å². The molecule has 0 unspecified atom stereocenters. The lowest BCUT2D eigenvalue weighted by Crippen LogP contribution is -2.38. The molecule has 0 bridgehead atoms. The molecular formula is C14H19ClN2O. The zero-order chi connectivity index (χ0) is 13.0. The van der Waals surface area contributed by atoms with E-state index in [4.69, 9.17) is 17.3 Å². The highest BCUT2D eigenvalue weighted by molar-refractivity contribution is 6.30. The second kappa shape index (κ2) is 6.21. The van der Waals surface area contributed by atoms with Crippen LogP contribution in [0.1, 0.15) is 18.4 Å². The highest BCUT2D eigenvalue weighted by Gasteiger charge is 2.25. The fourth-order valence-corrected chi connectivity index (χ4v) is 2.10. The maximum absolute atomic E-state index is 11.7. The molecule has 98 valence electrons. The summed E-state index contributed by atoms with van der Waals surface area (Å²) in [6.45, 7) is 1.71. The van der Waals surface area contributed by atoms with Gasteiger partial charge < -0.3 is 10.6 Å². The quantitative estimate of drug-likeness (QED) is 0.857. The lowest BCUT2D eigenvalue weighted by Gasteiger charge is -2.22. The molecule has 0 atom stereocenters. The summed E-state index contributed by atoms with van der Waals surface area (Å²) in [5.41, 5.74) is 6.65. The van der Waals surface area contributed by atoms with Crippen molar-refractivity contribution in [1.82, 2.24) is 4.90 Å². The van der Waals surface area contributed by atoms with Gasteiger partial charge in [0.15, 0.2) is 0 Å². The first kappa shape index (κ1) is 13.4. The van der Waals surface area contributed by atoms with Crippen LogP contribution >= 0.6 is 11.6 Å². The van der Waals surface area contributed by atoms with Gasteiger partial charge in [-0.1, -0.05) is 23.7 Å². The predicted octanol–water partition coefficient (Wildman–Crippen LogP) is 2.08. The molecule has 0 radical (unpaired) electrons. The van der Waals surface area contributed by atoms with Gasteiger partial charge >= 0.3 is 0 Å². The molecule has 1 saturated carbocycles. The number of carbonyl (C=O) groups is 1. The topological polar surface area (TPSA) is 46.3 Å². The van der Waals surface area contributed by atoms with E-state index in [0.29, 0.717) is 5.92 Å². The summed E-state index contributed by atoms with van der Waals surface area (Å²) in [5, 5.41) is 0.742. The first-order valence-electron chi connectivity index (χ1n) is 6.41. The van der Waals surface area contributed by atoms with E-state index in [2.05, 4.69) is 0 Å². The molecule has 1 aliphatic carbocycles. The molecule has 2 N–H and O–H groups in total. The first-order chi connectivity index (χ1) is 8.69. The average Bonchev–Trinajstić information content (AvgIpc) is 3.19. The van der Waals surface area contributed by atoms with Crippen LogP contribution in [-0.2, 0) is 11.2 Å². The molecule has 1 aromatic carbocycles. The van der Waals surface area contributed by atoms with E-state index in [1.54, 1.807) is 0 Å². The van der Waals surface area contributed by atoms with Crippen LogP contribution in [0.4, 0.5) is 0 Å². The van der Waals surface area contributed by atoms with Crippen LogP contribution < -0.4 is 5.73 Å². The number of nitrogens with zero attached hydrogens (tertiary/aromatic N) is 1. The second-order valence-electron chi connectivity index (χ2n) is 4.86. The summed E-state index contributed by atoms with van der Waals surface area (Å²) in [4.78, 5) is 13.6. The van der Waals surface area contributed by atoms with Crippen LogP contribution in [-0.4, -0.2) is 30.4 Å². The third-order valence-electron chi connectivity index (χ3n) is 3.29. The van der Waals surface area contributed by atoms with Crippen molar-refractivity contribution in [1.29, 1.82) is 0 Å². The van der Waals surface area contributed by atoms with Gasteiger partial charge in [-0.2, -0.15) is 0 Å². The molecule has 1 fully saturated rings. The zero-order valence-electron chi connectivity index (χ0n) is 10.4. The highest BCUT2D eigenvalue weighted by atomic mass is 35.5. The molecule has 2 rings (SSSR count). The summed E-state index contributed by atoms with van der Waals surface area (Å²) in [5.74, 6) is 0.751. The number of hydrogen-bond acceptors (Lipinski definition) is 2. The third kappa shape index (κ3) is 4.00. The second-order valence-corrected chi connectivity index (χ2v) is 5.30. The van der Waals surface area contributed by atoms with Gasteiger partial charge in [-0.3, -0.25) is 4.79 Å². The Balaban J connectivity index is 1.87. The van der Waals surface area contributed by atoms with Gasteiger partial charge in [-0.05, 0) is 42.9 Å². The van der Waals surface area contributed by atoms with Crippen LogP contribution in [0.3, 0.4) is 0 Å². The minimum atomic E-state index is 0.0517. The largest absolute Gasteiger partial charge is 0.341 e.